The lowest BCUT2D eigenvalue weighted by Gasteiger charge is -2.08. The van der Waals surface area contributed by atoms with E-state index in [-0.39, 0.29) is 16.9 Å². The van der Waals surface area contributed by atoms with Crippen LogP contribution >= 0.6 is 0 Å². The highest BCUT2D eigenvalue weighted by atomic mass is 16.5. The van der Waals surface area contributed by atoms with Gasteiger partial charge in [0.25, 0.3) is 0 Å². The molecule has 0 saturated carbocycles. The van der Waals surface area contributed by atoms with E-state index in [0.29, 0.717) is 17.1 Å². The molecule has 156 valence electrons. The fourth-order valence-corrected chi connectivity index (χ4v) is 2.45. The molecule has 0 atom stereocenters. The summed E-state index contributed by atoms with van der Waals surface area (Å²) in [6.07, 6.45) is 0. The van der Waals surface area contributed by atoms with Gasteiger partial charge in [-0.3, -0.25) is 0 Å². The van der Waals surface area contributed by atoms with Gasteiger partial charge in [0.15, 0.2) is 0 Å². The second kappa shape index (κ2) is 9.54. The number of carbonyl (C=O) groups is 3. The Bertz CT molecular complexity index is 1110. The van der Waals surface area contributed by atoms with E-state index in [9.17, 15) is 14.4 Å². The van der Waals surface area contributed by atoms with Crippen LogP contribution in [0, 0.1) is 6.92 Å². The smallest absolute Gasteiger partial charge is 0.343 e. The summed E-state index contributed by atoms with van der Waals surface area (Å²) in [4.78, 5) is 36.1. The van der Waals surface area contributed by atoms with Crippen molar-refractivity contribution < 1.29 is 28.6 Å². The SMILES string of the molecule is C=C(C)C(=O)Oc1ccc(C(=O)Oc2ccc(C(=O)Oc3ccc(C)cc3)cc2)cc1. The molecule has 3 aromatic carbocycles. The van der Waals surface area contributed by atoms with Gasteiger partial charge < -0.3 is 14.2 Å². The third-order valence-corrected chi connectivity index (χ3v) is 4.18. The van der Waals surface area contributed by atoms with Crippen molar-refractivity contribution in [2.45, 2.75) is 13.8 Å². The second-order valence-corrected chi connectivity index (χ2v) is 6.81. The number of benzene rings is 3. The van der Waals surface area contributed by atoms with Crippen LogP contribution in [-0.4, -0.2) is 17.9 Å². The topological polar surface area (TPSA) is 78.9 Å². The Hall–Kier alpha value is -4.19. The van der Waals surface area contributed by atoms with Gasteiger partial charge >= 0.3 is 17.9 Å². The molecule has 0 radical (unpaired) electrons. The molecule has 0 aliphatic rings. The predicted molar refractivity (Wildman–Crippen MR) is 114 cm³/mol. The van der Waals surface area contributed by atoms with Crippen LogP contribution in [0.3, 0.4) is 0 Å². The number of ether oxygens (including phenoxy) is 3. The standard InChI is InChI=1S/C25H20O6/c1-16(2)23(26)29-21-12-6-18(7-13-21)25(28)31-22-14-8-19(9-15-22)24(27)30-20-10-4-17(3)5-11-20/h4-15H,1H2,2-3H3. The minimum absolute atomic E-state index is 0.273. The first-order chi connectivity index (χ1) is 14.8. The van der Waals surface area contributed by atoms with Gasteiger partial charge in [-0.25, -0.2) is 14.4 Å². The highest BCUT2D eigenvalue weighted by Crippen LogP contribution is 2.19. The highest BCUT2D eigenvalue weighted by Gasteiger charge is 2.12. The maximum Gasteiger partial charge on any atom is 0.343 e. The van der Waals surface area contributed by atoms with E-state index in [2.05, 4.69) is 6.58 Å². The summed E-state index contributed by atoms with van der Waals surface area (Å²) in [7, 11) is 0. The number of esters is 3. The van der Waals surface area contributed by atoms with Gasteiger partial charge in [0.05, 0.1) is 11.1 Å². The molecule has 0 bridgehead atoms. The van der Waals surface area contributed by atoms with Gasteiger partial charge in [-0.15, -0.1) is 0 Å². The summed E-state index contributed by atoms with van der Waals surface area (Å²) < 4.78 is 15.7. The fourth-order valence-electron chi connectivity index (χ4n) is 2.45. The molecule has 3 rings (SSSR count). The first-order valence-corrected chi connectivity index (χ1v) is 9.40. The molecule has 0 spiro atoms. The molecule has 0 N–H and O–H groups in total. The first kappa shape index (κ1) is 21.5. The average molecular weight is 416 g/mol. The largest absolute Gasteiger partial charge is 0.423 e. The van der Waals surface area contributed by atoms with E-state index in [1.807, 2.05) is 19.1 Å². The van der Waals surface area contributed by atoms with Gasteiger partial charge in [-0.2, -0.15) is 0 Å². The quantitative estimate of drug-likeness (QED) is 0.323. The Balaban J connectivity index is 1.59. The number of carbonyl (C=O) groups excluding carboxylic acids is 3. The lowest BCUT2D eigenvalue weighted by molar-refractivity contribution is -0.130. The Morgan fingerprint density at radius 1 is 0.613 bits per heavy atom. The van der Waals surface area contributed by atoms with Crippen molar-refractivity contribution >= 4 is 17.9 Å². The zero-order chi connectivity index (χ0) is 22.4. The molecule has 0 amide bonds. The first-order valence-electron chi connectivity index (χ1n) is 9.40. The highest BCUT2D eigenvalue weighted by molar-refractivity contribution is 5.93. The molecular weight excluding hydrogens is 396 g/mol. The van der Waals surface area contributed by atoms with E-state index in [1.54, 1.807) is 19.1 Å². The van der Waals surface area contributed by atoms with Gasteiger partial charge in [0.1, 0.15) is 17.2 Å². The van der Waals surface area contributed by atoms with Crippen LogP contribution in [0.25, 0.3) is 0 Å². The molecule has 0 saturated heterocycles. The molecular formula is C25H20O6. The van der Waals surface area contributed by atoms with Gasteiger partial charge in [0.2, 0.25) is 0 Å². The fraction of sp³-hybridized carbons (Fsp3) is 0.0800. The van der Waals surface area contributed by atoms with E-state index in [1.165, 1.54) is 48.5 Å². The molecule has 0 aliphatic carbocycles. The normalized spacial score (nSPS) is 10.1. The third kappa shape index (κ3) is 5.90. The average Bonchev–Trinajstić information content (AvgIpc) is 2.76. The van der Waals surface area contributed by atoms with Crippen LogP contribution in [0.2, 0.25) is 0 Å². The zero-order valence-electron chi connectivity index (χ0n) is 17.1. The zero-order valence-corrected chi connectivity index (χ0v) is 17.1. The molecule has 3 aromatic rings. The molecule has 0 unspecified atom stereocenters. The van der Waals surface area contributed by atoms with Crippen molar-refractivity contribution in [2.24, 2.45) is 0 Å². The van der Waals surface area contributed by atoms with Gasteiger partial charge in [-0.1, -0.05) is 24.3 Å². The lowest BCUT2D eigenvalue weighted by Crippen LogP contribution is -2.11. The molecule has 31 heavy (non-hydrogen) atoms. The molecule has 6 heteroatoms. The predicted octanol–water partition coefficient (Wildman–Crippen LogP) is 4.91. The number of hydrogen-bond donors (Lipinski definition) is 0. The van der Waals surface area contributed by atoms with Crippen molar-refractivity contribution in [2.75, 3.05) is 0 Å². The number of hydrogen-bond acceptors (Lipinski definition) is 6. The Morgan fingerprint density at radius 2 is 0.968 bits per heavy atom. The molecule has 0 fully saturated rings. The summed E-state index contributed by atoms with van der Waals surface area (Å²) in [5.41, 5.74) is 1.94. The minimum Gasteiger partial charge on any atom is -0.423 e. The monoisotopic (exact) mass is 416 g/mol. The van der Waals surface area contributed by atoms with Crippen LogP contribution in [0.1, 0.15) is 33.2 Å². The van der Waals surface area contributed by atoms with Crippen molar-refractivity contribution in [3.63, 3.8) is 0 Å². The lowest BCUT2D eigenvalue weighted by atomic mass is 10.2. The van der Waals surface area contributed by atoms with Crippen LogP contribution in [0.15, 0.2) is 84.9 Å². The molecule has 0 aliphatic heterocycles. The summed E-state index contributed by atoms with van der Waals surface area (Å²) in [5, 5.41) is 0. The van der Waals surface area contributed by atoms with Crippen LogP contribution in [-0.2, 0) is 4.79 Å². The third-order valence-electron chi connectivity index (χ3n) is 4.18. The Kier molecular flexibility index (Phi) is 6.62. The van der Waals surface area contributed by atoms with E-state index in [0.717, 1.165) is 5.56 Å². The van der Waals surface area contributed by atoms with Crippen LogP contribution in [0.5, 0.6) is 17.2 Å². The number of rotatable bonds is 6. The van der Waals surface area contributed by atoms with Gasteiger partial charge in [0, 0.05) is 5.57 Å². The van der Waals surface area contributed by atoms with Gasteiger partial charge in [-0.05, 0) is 74.5 Å². The maximum absolute atomic E-state index is 12.3. The second-order valence-electron chi connectivity index (χ2n) is 6.81. The van der Waals surface area contributed by atoms with Crippen LogP contribution < -0.4 is 14.2 Å². The van der Waals surface area contributed by atoms with E-state index in [4.69, 9.17) is 14.2 Å². The Labute approximate surface area is 179 Å². The maximum atomic E-state index is 12.3. The van der Waals surface area contributed by atoms with E-state index < -0.39 is 17.9 Å². The van der Waals surface area contributed by atoms with Crippen molar-refractivity contribution in [3.05, 3.63) is 102 Å². The summed E-state index contributed by atoms with van der Waals surface area (Å²) >= 11 is 0. The summed E-state index contributed by atoms with van der Waals surface area (Å²) in [6, 6.07) is 19.1. The minimum atomic E-state index is -0.590. The summed E-state index contributed by atoms with van der Waals surface area (Å²) in [5.74, 6) is -0.634. The van der Waals surface area contributed by atoms with Crippen molar-refractivity contribution in [1.29, 1.82) is 0 Å². The van der Waals surface area contributed by atoms with E-state index >= 15 is 0 Å². The number of aryl methyl sites for hydroxylation is 1. The van der Waals surface area contributed by atoms with Crippen molar-refractivity contribution in [1.82, 2.24) is 0 Å². The molecule has 0 aromatic heterocycles. The Morgan fingerprint density at radius 3 is 1.35 bits per heavy atom. The van der Waals surface area contributed by atoms with Crippen molar-refractivity contribution in [3.8, 4) is 17.2 Å². The molecule has 0 heterocycles. The van der Waals surface area contributed by atoms with Crippen LogP contribution in [0.4, 0.5) is 0 Å². The molecule has 6 nitrogen and oxygen atoms in total. The summed E-state index contributed by atoms with van der Waals surface area (Å²) in [6.45, 7) is 6.99.